The van der Waals surface area contributed by atoms with Crippen molar-refractivity contribution in [3.63, 3.8) is 0 Å². The lowest BCUT2D eigenvalue weighted by Gasteiger charge is -2.28. The van der Waals surface area contributed by atoms with Crippen molar-refractivity contribution in [2.75, 3.05) is 38.6 Å². The van der Waals surface area contributed by atoms with E-state index in [0.717, 1.165) is 60.5 Å². The van der Waals surface area contributed by atoms with E-state index < -0.39 is 0 Å². The van der Waals surface area contributed by atoms with Gasteiger partial charge in [0.25, 0.3) is 5.91 Å². The third-order valence-corrected chi connectivity index (χ3v) is 7.73. The molecule has 1 aliphatic heterocycles. The van der Waals surface area contributed by atoms with E-state index in [1.807, 2.05) is 53.6 Å². The third kappa shape index (κ3) is 6.90. The Morgan fingerprint density at radius 2 is 1.77 bits per heavy atom. The summed E-state index contributed by atoms with van der Waals surface area (Å²) in [6, 6.07) is 28.3. The van der Waals surface area contributed by atoms with Crippen molar-refractivity contribution in [2.45, 2.75) is 19.5 Å². The molecule has 0 aliphatic carbocycles. The summed E-state index contributed by atoms with van der Waals surface area (Å²) in [5, 5.41) is 10.5. The number of amides is 1. The van der Waals surface area contributed by atoms with E-state index in [9.17, 15) is 4.79 Å². The molecule has 9 nitrogen and oxygen atoms in total. The Morgan fingerprint density at radius 1 is 0.884 bits per heavy atom. The van der Waals surface area contributed by atoms with Crippen molar-refractivity contribution < 1.29 is 9.53 Å². The minimum Gasteiger partial charge on any atom is -0.481 e. The van der Waals surface area contributed by atoms with Crippen molar-refractivity contribution in [2.24, 2.45) is 0 Å². The second kappa shape index (κ2) is 13.3. The lowest BCUT2D eigenvalue weighted by atomic mass is 10.0. The lowest BCUT2D eigenvalue weighted by molar-refractivity contribution is 0.0720. The molecule has 6 rings (SSSR count). The number of carbonyl (C=O) groups is 1. The molecule has 3 heterocycles. The third-order valence-electron chi connectivity index (χ3n) is 7.73. The predicted molar refractivity (Wildman–Crippen MR) is 168 cm³/mol. The highest BCUT2D eigenvalue weighted by Crippen LogP contribution is 2.28. The largest absolute Gasteiger partial charge is 0.481 e. The molecule has 9 heteroatoms. The van der Waals surface area contributed by atoms with Gasteiger partial charge in [-0.15, -0.1) is 0 Å². The van der Waals surface area contributed by atoms with Gasteiger partial charge in [0, 0.05) is 73.9 Å². The van der Waals surface area contributed by atoms with Crippen molar-refractivity contribution in [1.82, 2.24) is 30.0 Å². The van der Waals surface area contributed by atoms with E-state index in [-0.39, 0.29) is 5.91 Å². The lowest BCUT2D eigenvalue weighted by Crippen LogP contribution is -2.38. The molecule has 1 aliphatic rings. The van der Waals surface area contributed by atoms with Gasteiger partial charge in [-0.2, -0.15) is 5.10 Å². The van der Waals surface area contributed by atoms with E-state index in [0.29, 0.717) is 30.4 Å². The van der Waals surface area contributed by atoms with Crippen molar-refractivity contribution in [1.29, 1.82) is 0 Å². The highest BCUT2D eigenvalue weighted by Gasteiger charge is 2.21. The second-order valence-corrected chi connectivity index (χ2v) is 10.6. The molecule has 1 amide bonds. The fraction of sp³-hybridized carbons (Fsp3) is 0.235. The molecule has 0 saturated carbocycles. The van der Waals surface area contributed by atoms with E-state index in [1.165, 1.54) is 11.9 Å². The molecule has 43 heavy (non-hydrogen) atoms. The van der Waals surface area contributed by atoms with Crippen LogP contribution in [-0.4, -0.2) is 69.2 Å². The van der Waals surface area contributed by atoms with Gasteiger partial charge in [-0.1, -0.05) is 48.5 Å². The minimum atomic E-state index is -0.0252. The number of anilines is 1. The molecular formula is C34H35N7O2. The number of rotatable bonds is 6. The number of hydrogen-bond acceptors (Lipinski definition) is 7. The highest BCUT2D eigenvalue weighted by molar-refractivity contribution is 5.95. The minimum absolute atomic E-state index is 0.0252. The van der Waals surface area contributed by atoms with Gasteiger partial charge >= 0.3 is 0 Å². The summed E-state index contributed by atoms with van der Waals surface area (Å²) in [7, 11) is 1.61. The molecule has 0 spiro atoms. The van der Waals surface area contributed by atoms with Gasteiger partial charge in [-0.25, -0.2) is 9.97 Å². The summed E-state index contributed by atoms with van der Waals surface area (Å²) in [5.74, 6) is 1.18. The van der Waals surface area contributed by atoms with Crippen molar-refractivity contribution >= 4 is 11.6 Å². The summed E-state index contributed by atoms with van der Waals surface area (Å²) < 4.78 is 5.25. The Morgan fingerprint density at radius 3 is 2.56 bits per heavy atom. The summed E-state index contributed by atoms with van der Waals surface area (Å²) in [6.07, 6.45) is 4.28. The number of H-pyrrole nitrogens is 1. The van der Waals surface area contributed by atoms with Crippen molar-refractivity contribution in [3.8, 4) is 28.4 Å². The van der Waals surface area contributed by atoms with Crippen LogP contribution in [0.4, 0.5) is 5.69 Å². The molecule has 2 N–H and O–H groups in total. The molecule has 3 aromatic carbocycles. The van der Waals surface area contributed by atoms with Crippen molar-refractivity contribution in [3.05, 3.63) is 114 Å². The first-order chi connectivity index (χ1) is 21.2. The smallest absolute Gasteiger partial charge is 0.254 e. The number of pyridine rings is 1. The molecule has 0 fully saturated rings. The summed E-state index contributed by atoms with van der Waals surface area (Å²) in [5.41, 5.74) is 6.83. The molecule has 2 aromatic heterocycles. The first kappa shape index (κ1) is 28.1. The van der Waals surface area contributed by atoms with Crippen LogP contribution < -0.4 is 10.1 Å². The van der Waals surface area contributed by atoms with Gasteiger partial charge < -0.3 is 15.0 Å². The van der Waals surface area contributed by atoms with Crippen LogP contribution in [0.15, 0.2) is 97.5 Å². The van der Waals surface area contributed by atoms with Gasteiger partial charge in [-0.05, 0) is 53.4 Å². The summed E-state index contributed by atoms with van der Waals surface area (Å²) >= 11 is 0. The average molecular weight is 574 g/mol. The van der Waals surface area contributed by atoms with Crippen LogP contribution in [0.1, 0.15) is 27.9 Å². The summed E-state index contributed by atoms with van der Waals surface area (Å²) in [6.45, 7) is 4.42. The molecule has 0 bridgehead atoms. The number of methoxy groups -OCH3 is 1. The Kier molecular flexibility index (Phi) is 8.70. The maximum atomic E-state index is 14.2. The number of carbonyl (C=O) groups excluding carboxylic acids is 1. The van der Waals surface area contributed by atoms with Crippen LogP contribution in [0.5, 0.6) is 5.88 Å². The number of nitrogens with one attached hydrogen (secondary N) is 2. The van der Waals surface area contributed by atoms with Gasteiger partial charge in [-0.3, -0.25) is 14.8 Å². The number of benzene rings is 3. The Bertz CT molecular complexity index is 1640. The molecule has 0 unspecified atom stereocenters. The standard InChI is InChI=1S/C34H35N7O2/c1-43-32-14-12-29(21-36-32)26-11-13-31-30(19-26)23-41(34(42)28-10-5-9-27(20-28)33-37-24-38-39-33)18-17-40(16-6-15-35-31)22-25-7-3-2-4-8-25/h2-5,7-14,19-21,24,35H,6,15-18,22-23H2,1H3,(H,37,38,39). The molecular weight excluding hydrogens is 538 g/mol. The number of fused-ring (bicyclic) bond motifs is 1. The van der Waals surface area contributed by atoms with Gasteiger partial charge in [0.2, 0.25) is 5.88 Å². The topological polar surface area (TPSA) is 99.3 Å². The number of aromatic amines is 1. The normalized spacial score (nSPS) is 14.3. The van der Waals surface area contributed by atoms with E-state index in [1.54, 1.807) is 7.11 Å². The van der Waals surface area contributed by atoms with Gasteiger partial charge in [0.1, 0.15) is 6.33 Å². The van der Waals surface area contributed by atoms with Crippen LogP contribution in [0, 0.1) is 0 Å². The fourth-order valence-electron chi connectivity index (χ4n) is 5.43. The molecule has 218 valence electrons. The molecule has 5 aromatic rings. The van der Waals surface area contributed by atoms with Crippen LogP contribution in [-0.2, 0) is 13.1 Å². The SMILES string of the molecule is COc1ccc(-c2ccc3c(c2)CN(C(=O)c2cccc(-c4ncn[nH]4)c2)CCN(Cc2ccccc2)CCCN3)cn1. The van der Waals surface area contributed by atoms with Gasteiger partial charge in [0.15, 0.2) is 5.82 Å². The number of nitrogens with zero attached hydrogens (tertiary/aromatic N) is 5. The fourth-order valence-corrected chi connectivity index (χ4v) is 5.43. The maximum Gasteiger partial charge on any atom is 0.254 e. The monoisotopic (exact) mass is 573 g/mol. The predicted octanol–water partition coefficient (Wildman–Crippen LogP) is 5.50. The molecule has 0 radical (unpaired) electrons. The quantitative estimate of drug-likeness (QED) is 0.277. The number of ether oxygens (including phenoxy) is 1. The first-order valence-corrected chi connectivity index (χ1v) is 14.5. The highest BCUT2D eigenvalue weighted by atomic mass is 16.5. The second-order valence-electron chi connectivity index (χ2n) is 10.6. The van der Waals surface area contributed by atoms with E-state index >= 15 is 0 Å². The van der Waals surface area contributed by atoms with E-state index in [2.05, 4.69) is 72.8 Å². The Labute approximate surface area is 251 Å². The average Bonchev–Trinajstić information content (AvgIpc) is 3.60. The molecule has 0 saturated heterocycles. The first-order valence-electron chi connectivity index (χ1n) is 14.5. The Hall–Kier alpha value is -5.02. The zero-order chi connectivity index (χ0) is 29.4. The number of hydrogen-bond donors (Lipinski definition) is 2. The van der Waals surface area contributed by atoms with E-state index in [4.69, 9.17) is 4.74 Å². The van der Waals surface area contributed by atoms with Gasteiger partial charge in [0.05, 0.1) is 7.11 Å². The number of aromatic nitrogens is 4. The zero-order valence-electron chi connectivity index (χ0n) is 24.2. The van der Waals surface area contributed by atoms with Crippen LogP contribution in [0.25, 0.3) is 22.5 Å². The maximum absolute atomic E-state index is 14.2. The zero-order valence-corrected chi connectivity index (χ0v) is 24.2. The Balaban J connectivity index is 1.32. The van der Waals surface area contributed by atoms with Crippen LogP contribution >= 0.6 is 0 Å². The summed E-state index contributed by atoms with van der Waals surface area (Å²) in [4.78, 5) is 27.2. The van der Waals surface area contributed by atoms with Crippen LogP contribution in [0.3, 0.4) is 0 Å². The van der Waals surface area contributed by atoms with Crippen LogP contribution in [0.2, 0.25) is 0 Å². The molecule has 0 atom stereocenters.